The van der Waals surface area contributed by atoms with E-state index < -0.39 is 0 Å². The van der Waals surface area contributed by atoms with E-state index in [-0.39, 0.29) is 0 Å². The highest BCUT2D eigenvalue weighted by Crippen LogP contribution is 2.44. The monoisotopic (exact) mass is 861 g/mol. The van der Waals surface area contributed by atoms with Crippen LogP contribution < -0.4 is 120 Å². The second kappa shape index (κ2) is 16.4. The molecular formula is C46H50B22O. The van der Waals surface area contributed by atoms with Crippen LogP contribution in [0.25, 0.3) is 98.4 Å². The van der Waals surface area contributed by atoms with Gasteiger partial charge in [0.25, 0.3) is 0 Å². The standard InChI is InChI=1S/C46H50B22O/c47-23-19(32(56)43(67)45-21(23)22-33(57)41(65)42(66)44(68)46(22)69-45)13-17-14(25(49)35(59)38(62)28(17)52)11(15-18(13)29(53)39(63)36(60)26(15)50)9-5-6-10(8-4-2-1-3-7(8)9)12-16-20(30(54)34(58)24(12)48)31(55)40(64)37(61)27(16)51/h1-6H,47-68H2. The molecule has 0 atom stereocenters. The molecule has 1 aromatic heterocycles. The SMILES string of the molecule is Bc1c(B)c(B)c2c(oc3c(B)c(B)c(-c4c5c(B)c(B)c(B)c(B)c5c(-c5ccc(-c6c(B)c(B)c(B)c7c(B)c(B)c(B)c(B)c67)c6ccccc56)c5c(B)c(B)c(B)c(B)c45)c(B)c32)c1B. The summed E-state index contributed by atoms with van der Waals surface area (Å²) in [5.41, 5.74) is 39.9. The summed E-state index contributed by atoms with van der Waals surface area (Å²) in [7, 11) is 51.5. The van der Waals surface area contributed by atoms with Crippen LogP contribution in [0.2, 0.25) is 0 Å². The Morgan fingerprint density at radius 2 is 0.478 bits per heavy atom. The Kier molecular flexibility index (Phi) is 11.4. The number of benzene rings is 9. The molecule has 0 N–H and O–H groups in total. The summed E-state index contributed by atoms with van der Waals surface area (Å²) in [5, 5.41) is 13.5. The van der Waals surface area contributed by atoms with Crippen molar-refractivity contribution < 1.29 is 4.42 Å². The molecule has 0 spiro atoms. The summed E-state index contributed by atoms with van der Waals surface area (Å²) in [6, 6.07) is 14.3. The van der Waals surface area contributed by atoms with Gasteiger partial charge in [0, 0.05) is 10.8 Å². The van der Waals surface area contributed by atoms with Crippen LogP contribution in [0.4, 0.5) is 0 Å². The van der Waals surface area contributed by atoms with Crippen LogP contribution >= 0.6 is 0 Å². The first-order valence-corrected chi connectivity index (χ1v) is 25.4. The topological polar surface area (TPSA) is 13.1 Å². The smallest absolute Gasteiger partial charge is 0.143 e. The summed E-state index contributed by atoms with van der Waals surface area (Å²) < 4.78 is 7.04. The molecule has 0 amide bonds. The summed E-state index contributed by atoms with van der Waals surface area (Å²) in [6.45, 7) is 0. The van der Waals surface area contributed by atoms with Crippen molar-refractivity contribution in [1.29, 1.82) is 0 Å². The third-order valence-electron chi connectivity index (χ3n) is 19.2. The van der Waals surface area contributed by atoms with Crippen molar-refractivity contribution in [2.24, 2.45) is 0 Å². The summed E-state index contributed by atoms with van der Waals surface area (Å²) in [5.74, 6) is 0. The lowest BCUT2D eigenvalue weighted by molar-refractivity contribution is 0.675. The van der Waals surface area contributed by atoms with Gasteiger partial charge >= 0.3 is 0 Å². The van der Waals surface area contributed by atoms with Crippen LogP contribution in [-0.4, -0.2) is 173 Å². The maximum Gasteiger partial charge on any atom is 0.143 e. The van der Waals surface area contributed by atoms with E-state index in [1.807, 2.05) is 0 Å². The van der Waals surface area contributed by atoms with E-state index in [1.54, 1.807) is 0 Å². The predicted molar refractivity (Wildman–Crippen MR) is 380 cm³/mol. The van der Waals surface area contributed by atoms with Gasteiger partial charge in [0.05, 0.1) is 0 Å². The Hall–Kier alpha value is -4.75. The Labute approximate surface area is 429 Å². The molecule has 1 heterocycles. The fraction of sp³-hybridized carbons (Fsp3) is 0. The quantitative estimate of drug-likeness (QED) is 0.127. The summed E-state index contributed by atoms with van der Waals surface area (Å²) >= 11 is 0. The molecule has 0 fully saturated rings. The zero-order chi connectivity index (χ0) is 50.0. The lowest BCUT2D eigenvalue weighted by atomic mass is 9.58. The van der Waals surface area contributed by atoms with Crippen LogP contribution in [0.15, 0.2) is 40.8 Å². The third kappa shape index (κ3) is 6.22. The van der Waals surface area contributed by atoms with Gasteiger partial charge in [-0.2, -0.15) is 0 Å². The van der Waals surface area contributed by atoms with Gasteiger partial charge in [0.1, 0.15) is 184 Å². The van der Waals surface area contributed by atoms with Gasteiger partial charge < -0.3 is 4.42 Å². The van der Waals surface area contributed by atoms with Gasteiger partial charge in [0.2, 0.25) is 0 Å². The first kappa shape index (κ1) is 47.9. The molecule has 10 rings (SSSR count). The zero-order valence-corrected chi connectivity index (χ0v) is 45.9. The molecule has 10 aromatic rings. The largest absolute Gasteiger partial charge is 0.457 e. The van der Waals surface area contributed by atoms with E-state index in [0.717, 1.165) is 11.2 Å². The third-order valence-corrected chi connectivity index (χ3v) is 19.2. The fourth-order valence-electron chi connectivity index (χ4n) is 13.4. The molecule has 9 aromatic carbocycles. The highest BCUT2D eigenvalue weighted by Gasteiger charge is 2.30. The van der Waals surface area contributed by atoms with E-state index in [2.05, 4.69) is 209 Å². The molecule has 0 saturated heterocycles. The van der Waals surface area contributed by atoms with Crippen molar-refractivity contribution in [3.63, 3.8) is 0 Å². The Balaban J connectivity index is 1.45. The number of hydrogen-bond donors (Lipinski definition) is 0. The number of fused-ring (bicyclic) bond motifs is 7. The van der Waals surface area contributed by atoms with Crippen molar-refractivity contribution in [2.45, 2.75) is 0 Å². The van der Waals surface area contributed by atoms with Gasteiger partial charge in [-0.15, -0.1) is 43.7 Å². The Morgan fingerprint density at radius 1 is 0.203 bits per heavy atom. The van der Waals surface area contributed by atoms with Crippen molar-refractivity contribution in [3.8, 4) is 33.4 Å². The average Bonchev–Trinajstić information content (AvgIpc) is 3.75. The Morgan fingerprint density at radius 3 is 0.899 bits per heavy atom. The molecule has 0 saturated carbocycles. The molecule has 0 unspecified atom stereocenters. The molecule has 0 aliphatic rings. The van der Waals surface area contributed by atoms with Crippen molar-refractivity contribution in [1.82, 2.24) is 0 Å². The van der Waals surface area contributed by atoms with Gasteiger partial charge in [-0.1, -0.05) is 113 Å². The molecule has 69 heavy (non-hydrogen) atoms. The minimum atomic E-state index is 1.03. The molecular weight excluding hydrogens is 806 g/mol. The maximum atomic E-state index is 7.04. The lowest BCUT2D eigenvalue weighted by Crippen LogP contribution is -2.52. The molecule has 1 nitrogen and oxygen atoms in total. The first-order valence-electron chi connectivity index (χ1n) is 25.4. The molecule has 306 valence electrons. The minimum absolute atomic E-state index is 1.03. The van der Waals surface area contributed by atoms with E-state index in [4.69, 9.17) is 4.42 Å². The van der Waals surface area contributed by atoms with Crippen LogP contribution in [-0.2, 0) is 0 Å². The first-order chi connectivity index (χ1) is 32.5. The van der Waals surface area contributed by atoms with Crippen LogP contribution in [0.3, 0.4) is 0 Å². The minimum Gasteiger partial charge on any atom is -0.457 e. The lowest BCUT2D eigenvalue weighted by Gasteiger charge is -2.30. The summed E-state index contributed by atoms with van der Waals surface area (Å²) in [4.78, 5) is 0. The number of rotatable bonds is 3. The normalized spacial score (nSPS) is 11.9. The summed E-state index contributed by atoms with van der Waals surface area (Å²) in [6.07, 6.45) is 0. The van der Waals surface area contributed by atoms with Gasteiger partial charge in [-0.05, 0) is 76.5 Å². The molecule has 0 radical (unpaired) electrons. The van der Waals surface area contributed by atoms with Crippen molar-refractivity contribution >= 4 is 358 Å². The average molecular weight is 857 g/mol. The maximum absolute atomic E-state index is 7.04. The predicted octanol–water partition coefficient (Wildman–Crippen LogP) is -25.1. The number of furan rings is 1. The van der Waals surface area contributed by atoms with Gasteiger partial charge in [0.15, 0.2) is 0 Å². The molecule has 0 bridgehead atoms. The van der Waals surface area contributed by atoms with Crippen molar-refractivity contribution in [3.05, 3.63) is 36.4 Å². The van der Waals surface area contributed by atoms with Crippen LogP contribution in [0.1, 0.15) is 0 Å². The molecule has 0 aliphatic heterocycles. The van der Waals surface area contributed by atoms with Crippen molar-refractivity contribution in [2.75, 3.05) is 0 Å². The molecule has 0 aliphatic carbocycles. The highest BCUT2D eigenvalue weighted by molar-refractivity contribution is 6.75. The van der Waals surface area contributed by atoms with E-state index in [9.17, 15) is 0 Å². The van der Waals surface area contributed by atoms with Crippen LogP contribution in [0, 0.1) is 0 Å². The highest BCUT2D eigenvalue weighted by atomic mass is 16.3. The van der Waals surface area contributed by atoms with Gasteiger partial charge in [-0.3, -0.25) is 0 Å². The zero-order valence-electron chi connectivity index (χ0n) is 45.9. The second-order valence-electron chi connectivity index (χ2n) is 21.7. The fourth-order valence-corrected chi connectivity index (χ4v) is 13.4. The van der Waals surface area contributed by atoms with Gasteiger partial charge in [-0.25, -0.2) is 0 Å². The second-order valence-corrected chi connectivity index (χ2v) is 21.7. The van der Waals surface area contributed by atoms with E-state index in [0.29, 0.717) is 0 Å². The molecule has 23 heteroatoms. The Bertz CT molecular complexity index is 4010. The van der Waals surface area contributed by atoms with E-state index in [1.165, 1.54) is 207 Å². The van der Waals surface area contributed by atoms with Crippen LogP contribution in [0.5, 0.6) is 0 Å². The number of hydrogen-bond acceptors (Lipinski definition) is 1. The van der Waals surface area contributed by atoms with E-state index >= 15 is 0 Å².